The van der Waals surface area contributed by atoms with E-state index in [0.717, 1.165) is 6.07 Å². The number of nitrogen functional groups attached to an aromatic ring is 1. The van der Waals surface area contributed by atoms with Gasteiger partial charge in [0.2, 0.25) is 0 Å². The van der Waals surface area contributed by atoms with E-state index >= 15 is 0 Å². The van der Waals surface area contributed by atoms with Crippen LogP contribution in [-0.2, 0) is 10.1 Å². The van der Waals surface area contributed by atoms with Crippen LogP contribution in [0.4, 0.5) is 5.69 Å². The molecule has 0 aliphatic carbocycles. The van der Waals surface area contributed by atoms with Crippen molar-refractivity contribution in [1.82, 2.24) is 0 Å². The predicted octanol–water partition coefficient (Wildman–Crippen LogP) is -2.81. The molecule has 0 aliphatic rings. The van der Waals surface area contributed by atoms with Crippen molar-refractivity contribution in [2.45, 2.75) is 4.90 Å². The largest absolute Gasteiger partial charge is 1.00 e. The first-order valence-electron chi connectivity index (χ1n) is 3.34. The zero-order valence-corrected chi connectivity index (χ0v) is 8.67. The number of hydrogen-bond donors (Lipinski definition) is 1. The Hall–Kier alpha value is -0.673. The number of benzene rings is 1. The van der Waals surface area contributed by atoms with E-state index in [9.17, 15) is 13.0 Å². The zero-order valence-electron chi connectivity index (χ0n) is 7.85. The summed E-state index contributed by atoms with van der Waals surface area (Å²) in [7, 11) is -3.25. The van der Waals surface area contributed by atoms with E-state index in [0.29, 0.717) is 0 Å². The van der Waals surface area contributed by atoms with Gasteiger partial charge in [0.1, 0.15) is 15.9 Å². The first kappa shape index (κ1) is 13.3. The molecule has 1 rings (SSSR count). The average Bonchev–Trinajstić information content (AvgIpc) is 2.03. The number of anilines is 1. The van der Waals surface area contributed by atoms with Gasteiger partial charge in [-0.2, -0.15) is 0 Å². The second kappa shape index (κ2) is 4.71. The van der Waals surface area contributed by atoms with Gasteiger partial charge < -0.3 is 15.0 Å². The van der Waals surface area contributed by atoms with Crippen LogP contribution >= 0.6 is 0 Å². The molecule has 0 saturated carbocycles. The minimum absolute atomic E-state index is 0. The van der Waals surface area contributed by atoms with Crippen molar-refractivity contribution in [3.63, 3.8) is 0 Å². The van der Waals surface area contributed by atoms with Crippen molar-refractivity contribution in [2.24, 2.45) is 0 Å². The van der Waals surface area contributed by atoms with Gasteiger partial charge in [-0.15, -0.1) is 0 Å². The maximum atomic E-state index is 10.7. The van der Waals surface area contributed by atoms with Crippen LogP contribution in [0, 0.1) is 0 Å². The molecule has 1 aromatic rings. The molecule has 0 heterocycles. The summed E-state index contributed by atoms with van der Waals surface area (Å²) in [5.41, 5.74) is 5.52. The zero-order chi connectivity index (χ0) is 10.1. The van der Waals surface area contributed by atoms with Crippen LogP contribution in [0.25, 0.3) is 0 Å². The molecular formula is C7H8LiNO4S. The molecule has 2 N–H and O–H groups in total. The van der Waals surface area contributed by atoms with Crippen LogP contribution in [0.3, 0.4) is 0 Å². The Bertz CT molecular complexity index is 418. The molecule has 0 saturated heterocycles. The number of nitrogens with two attached hydrogens (primary N) is 1. The summed E-state index contributed by atoms with van der Waals surface area (Å²) in [6, 6.07) is 3.86. The number of ether oxygens (including phenoxy) is 1. The maximum Gasteiger partial charge on any atom is 1.00 e. The first-order valence-corrected chi connectivity index (χ1v) is 4.75. The fourth-order valence-corrected chi connectivity index (χ4v) is 1.57. The predicted molar refractivity (Wildman–Crippen MR) is 45.4 cm³/mol. The van der Waals surface area contributed by atoms with Gasteiger partial charge in [0.05, 0.1) is 12.0 Å². The number of hydrogen-bond acceptors (Lipinski definition) is 5. The molecule has 5 nitrogen and oxygen atoms in total. The third-order valence-electron chi connectivity index (χ3n) is 1.46. The molecule has 1 aromatic carbocycles. The molecule has 0 bridgehead atoms. The van der Waals surface area contributed by atoms with E-state index in [-0.39, 0.29) is 30.3 Å². The molecule has 7 heteroatoms. The van der Waals surface area contributed by atoms with E-state index in [1.165, 1.54) is 19.2 Å². The molecule has 0 radical (unpaired) electrons. The Kier molecular flexibility index (Phi) is 4.48. The van der Waals surface area contributed by atoms with Crippen LogP contribution in [0.5, 0.6) is 5.75 Å². The summed E-state index contributed by atoms with van der Waals surface area (Å²) in [5.74, 6) is 0.00389. The van der Waals surface area contributed by atoms with E-state index in [1.54, 1.807) is 0 Å². The van der Waals surface area contributed by atoms with Gasteiger partial charge in [-0.1, -0.05) is 0 Å². The van der Waals surface area contributed by atoms with Gasteiger partial charge in [0.25, 0.3) is 0 Å². The fourth-order valence-electron chi connectivity index (χ4n) is 0.889. The van der Waals surface area contributed by atoms with Crippen LogP contribution < -0.4 is 29.3 Å². The Balaban J connectivity index is 0.00000169. The second-order valence-electron chi connectivity index (χ2n) is 2.36. The Morgan fingerprint density at radius 3 is 2.43 bits per heavy atom. The minimum atomic E-state index is -4.52. The molecule has 0 amide bonds. The molecule has 14 heavy (non-hydrogen) atoms. The molecule has 0 spiro atoms. The summed E-state index contributed by atoms with van der Waals surface area (Å²) in [5, 5.41) is 0. The van der Waals surface area contributed by atoms with Crippen molar-refractivity contribution < 1.29 is 36.6 Å². The average molecular weight is 209 g/mol. The monoisotopic (exact) mass is 209 g/mol. The van der Waals surface area contributed by atoms with Crippen molar-refractivity contribution >= 4 is 15.8 Å². The van der Waals surface area contributed by atoms with Crippen molar-refractivity contribution in [3.8, 4) is 5.75 Å². The van der Waals surface area contributed by atoms with E-state index in [4.69, 9.17) is 10.5 Å². The molecule has 0 fully saturated rings. The Morgan fingerprint density at radius 1 is 1.43 bits per heavy atom. The topological polar surface area (TPSA) is 92.5 Å². The summed E-state index contributed by atoms with van der Waals surface area (Å²) in [6.45, 7) is 0. The van der Waals surface area contributed by atoms with Gasteiger partial charge in [-0.3, -0.25) is 0 Å². The molecule has 0 unspecified atom stereocenters. The summed E-state index contributed by atoms with van der Waals surface area (Å²) >= 11 is 0. The fraction of sp³-hybridized carbons (Fsp3) is 0.143. The van der Waals surface area contributed by atoms with Crippen LogP contribution in [0.2, 0.25) is 0 Å². The van der Waals surface area contributed by atoms with Crippen LogP contribution in [-0.4, -0.2) is 20.1 Å². The van der Waals surface area contributed by atoms with Crippen LogP contribution in [0.15, 0.2) is 23.1 Å². The van der Waals surface area contributed by atoms with Crippen molar-refractivity contribution in [1.29, 1.82) is 0 Å². The second-order valence-corrected chi connectivity index (χ2v) is 3.71. The Labute approximate surface area is 94.2 Å². The molecule has 0 atom stereocenters. The van der Waals surface area contributed by atoms with E-state index in [2.05, 4.69) is 0 Å². The van der Waals surface area contributed by atoms with E-state index < -0.39 is 15.0 Å². The quantitative estimate of drug-likeness (QED) is 0.322. The normalized spacial score (nSPS) is 10.4. The molecule has 72 valence electrons. The maximum absolute atomic E-state index is 10.7. The van der Waals surface area contributed by atoms with Gasteiger partial charge in [0.15, 0.2) is 0 Å². The summed E-state index contributed by atoms with van der Waals surface area (Å²) < 4.78 is 36.7. The minimum Gasteiger partial charge on any atom is -0.744 e. The number of methoxy groups -OCH3 is 1. The van der Waals surface area contributed by atoms with Crippen molar-refractivity contribution in [2.75, 3.05) is 12.8 Å². The van der Waals surface area contributed by atoms with Gasteiger partial charge in [-0.25, -0.2) is 8.42 Å². The standard InChI is InChI=1S/C7H9NO4S.Li/c1-12-6-3-2-5(8)4-7(6)13(9,10)11;/h2-4H,8H2,1H3,(H,9,10,11);/q;+1/p-1. The van der Waals surface area contributed by atoms with Gasteiger partial charge in [0, 0.05) is 5.69 Å². The summed E-state index contributed by atoms with van der Waals surface area (Å²) in [4.78, 5) is -0.435. The molecule has 0 aliphatic heterocycles. The van der Waals surface area contributed by atoms with E-state index in [1.807, 2.05) is 0 Å². The smallest absolute Gasteiger partial charge is 0.744 e. The molecular weight excluding hydrogens is 201 g/mol. The SMILES string of the molecule is COc1ccc(N)cc1S(=O)(=O)[O-].[Li+]. The van der Waals surface area contributed by atoms with Gasteiger partial charge >= 0.3 is 18.9 Å². The third-order valence-corrected chi connectivity index (χ3v) is 2.31. The van der Waals surface area contributed by atoms with Gasteiger partial charge in [-0.05, 0) is 18.2 Å². The first-order chi connectivity index (χ1) is 5.95. The van der Waals surface area contributed by atoms with Crippen molar-refractivity contribution in [3.05, 3.63) is 18.2 Å². The Morgan fingerprint density at radius 2 is 2.00 bits per heavy atom. The third kappa shape index (κ3) is 2.92. The van der Waals surface area contributed by atoms with Crippen LogP contribution in [0.1, 0.15) is 0 Å². The summed E-state index contributed by atoms with van der Waals surface area (Å²) in [6.07, 6.45) is 0. The number of rotatable bonds is 2. The molecule has 0 aromatic heterocycles.